The Kier molecular flexibility index (Phi) is 11.0. The van der Waals surface area contributed by atoms with E-state index in [0.29, 0.717) is 6.42 Å². The molecule has 0 aromatic heterocycles. The van der Waals surface area contributed by atoms with Gasteiger partial charge in [-0.05, 0) is 39.0 Å². The molecule has 0 aliphatic carbocycles. The Morgan fingerprint density at radius 3 is 2.24 bits per heavy atom. The van der Waals surface area contributed by atoms with E-state index in [1.165, 1.54) is 0 Å². The van der Waals surface area contributed by atoms with Crippen LogP contribution in [0.5, 0.6) is 0 Å². The third kappa shape index (κ3) is 11.3. The number of hydrogen-bond donors (Lipinski definition) is 3. The van der Waals surface area contributed by atoms with Gasteiger partial charge in [-0.25, -0.2) is 0 Å². The van der Waals surface area contributed by atoms with Crippen LogP contribution in [0.4, 0.5) is 0 Å². The van der Waals surface area contributed by atoms with E-state index < -0.39 is 40.8 Å². The van der Waals surface area contributed by atoms with Gasteiger partial charge in [0.25, 0.3) is 0 Å². The van der Waals surface area contributed by atoms with Gasteiger partial charge in [0.15, 0.2) is 0 Å². The maximum Gasteiger partial charge on any atom is 0.309 e. The predicted octanol–water partition coefficient (Wildman–Crippen LogP) is 1.87. The van der Waals surface area contributed by atoms with Gasteiger partial charge in [-0.1, -0.05) is 32.9 Å². The normalized spacial score (nSPS) is 22.9. The molecule has 1 heterocycles. The lowest BCUT2D eigenvalue weighted by Crippen LogP contribution is -2.50. The van der Waals surface area contributed by atoms with Crippen LogP contribution in [0.3, 0.4) is 0 Å². The summed E-state index contributed by atoms with van der Waals surface area (Å²) in [4.78, 5) is 50.1. The van der Waals surface area contributed by atoms with Gasteiger partial charge < -0.3 is 25.2 Å². The van der Waals surface area contributed by atoms with Crippen LogP contribution in [0.15, 0.2) is 12.2 Å². The van der Waals surface area contributed by atoms with E-state index >= 15 is 0 Å². The highest BCUT2D eigenvalue weighted by atomic mass is 16.6. The molecule has 188 valence electrons. The quantitative estimate of drug-likeness (QED) is 0.401. The van der Waals surface area contributed by atoms with Crippen LogP contribution in [0.25, 0.3) is 0 Å². The molecule has 0 spiro atoms. The van der Waals surface area contributed by atoms with Crippen molar-refractivity contribution in [2.24, 2.45) is 17.3 Å². The minimum atomic E-state index is -0.710. The molecule has 0 radical (unpaired) electrons. The summed E-state index contributed by atoms with van der Waals surface area (Å²) < 4.78 is 10.9. The van der Waals surface area contributed by atoms with Crippen LogP contribution < -0.4 is 10.6 Å². The van der Waals surface area contributed by atoms with Crippen LogP contribution in [-0.2, 0) is 28.7 Å². The molecule has 9 heteroatoms. The Labute approximate surface area is 196 Å². The number of allylic oxidation sites excluding steroid dienone is 2. The Balaban J connectivity index is 3.06. The van der Waals surface area contributed by atoms with Gasteiger partial charge in [-0.15, -0.1) is 0 Å². The van der Waals surface area contributed by atoms with Crippen molar-refractivity contribution in [2.45, 2.75) is 78.9 Å². The van der Waals surface area contributed by atoms with E-state index in [2.05, 4.69) is 10.6 Å². The number of cyclic esters (lactones) is 1. The number of hydrogen-bond acceptors (Lipinski definition) is 7. The number of aliphatic hydroxyl groups excluding tert-OH is 1. The molecule has 1 rings (SSSR count). The largest absolute Gasteiger partial charge is 0.463 e. The molecule has 1 aliphatic heterocycles. The molecule has 33 heavy (non-hydrogen) atoms. The molecule has 9 nitrogen and oxygen atoms in total. The average molecular weight is 469 g/mol. The zero-order valence-electron chi connectivity index (χ0n) is 20.7. The molecule has 0 saturated heterocycles. The fourth-order valence-electron chi connectivity index (χ4n) is 3.22. The van der Waals surface area contributed by atoms with Gasteiger partial charge in [0.2, 0.25) is 11.8 Å². The zero-order chi connectivity index (χ0) is 25.2. The lowest BCUT2D eigenvalue weighted by atomic mass is 9.86. The number of carbonyl (C=O) groups excluding carboxylic acids is 4. The van der Waals surface area contributed by atoms with Crippen LogP contribution >= 0.6 is 0 Å². The number of aliphatic hydroxyl groups is 1. The van der Waals surface area contributed by atoms with Crippen molar-refractivity contribution in [1.29, 1.82) is 0 Å². The molecule has 3 atom stereocenters. The third-order valence-electron chi connectivity index (χ3n) is 5.16. The van der Waals surface area contributed by atoms with Crippen LogP contribution in [0.1, 0.15) is 67.2 Å². The van der Waals surface area contributed by atoms with Gasteiger partial charge in [-0.2, -0.15) is 0 Å². The lowest BCUT2D eigenvalue weighted by molar-refractivity contribution is -0.162. The topological polar surface area (TPSA) is 131 Å². The number of esters is 2. The molecule has 1 aliphatic rings. The molecule has 0 saturated carbocycles. The maximum absolute atomic E-state index is 12.9. The Morgan fingerprint density at radius 2 is 1.70 bits per heavy atom. The number of ether oxygens (including phenoxy) is 2. The van der Waals surface area contributed by atoms with E-state index in [-0.39, 0.29) is 50.8 Å². The van der Waals surface area contributed by atoms with Gasteiger partial charge >= 0.3 is 11.9 Å². The van der Waals surface area contributed by atoms with Gasteiger partial charge in [0.1, 0.15) is 12.2 Å². The van der Waals surface area contributed by atoms with Crippen LogP contribution in [0, 0.1) is 17.3 Å². The van der Waals surface area contributed by atoms with Gasteiger partial charge in [0, 0.05) is 13.0 Å². The van der Waals surface area contributed by atoms with Crippen LogP contribution in [0.2, 0.25) is 0 Å². The second kappa shape index (κ2) is 12.7. The fraction of sp³-hybridized carbons (Fsp3) is 0.750. The van der Waals surface area contributed by atoms with Gasteiger partial charge in [-0.3, -0.25) is 19.2 Å². The zero-order valence-corrected chi connectivity index (χ0v) is 20.7. The van der Waals surface area contributed by atoms with Gasteiger partial charge in [0.05, 0.1) is 30.9 Å². The monoisotopic (exact) mass is 468 g/mol. The maximum atomic E-state index is 12.9. The molecule has 3 N–H and O–H groups in total. The third-order valence-corrected chi connectivity index (χ3v) is 5.16. The minimum absolute atomic E-state index is 0.0336. The Bertz CT molecular complexity index is 719. The molecule has 0 aromatic rings. The predicted molar refractivity (Wildman–Crippen MR) is 123 cm³/mol. The molecule has 3 unspecified atom stereocenters. The highest BCUT2D eigenvalue weighted by molar-refractivity contribution is 5.86. The number of nitrogens with one attached hydrogen (secondary N) is 2. The first-order valence-corrected chi connectivity index (χ1v) is 11.4. The van der Waals surface area contributed by atoms with Crippen molar-refractivity contribution >= 4 is 23.8 Å². The van der Waals surface area contributed by atoms with E-state index in [1.807, 2.05) is 20.8 Å². The minimum Gasteiger partial charge on any atom is -0.463 e. The summed E-state index contributed by atoms with van der Waals surface area (Å²) in [5.74, 6) is -2.96. The highest BCUT2D eigenvalue weighted by Gasteiger charge is 2.33. The molecule has 0 aromatic carbocycles. The molecular weight excluding hydrogens is 428 g/mol. The van der Waals surface area contributed by atoms with Crippen molar-refractivity contribution in [3.63, 3.8) is 0 Å². The summed E-state index contributed by atoms with van der Waals surface area (Å²) in [7, 11) is 0. The van der Waals surface area contributed by atoms with Crippen molar-refractivity contribution in [3.8, 4) is 0 Å². The van der Waals surface area contributed by atoms with Crippen molar-refractivity contribution in [3.05, 3.63) is 12.2 Å². The first kappa shape index (κ1) is 28.6. The second-order valence-corrected chi connectivity index (χ2v) is 10.5. The van der Waals surface area contributed by atoms with E-state index in [4.69, 9.17) is 14.6 Å². The SMILES string of the molecule is CC(C)(C)OC(=O)CC1CC=CCC(CC(=O)NCCO)C(=O)NC(C(C)(C)C)COC1=O. The number of amides is 2. The summed E-state index contributed by atoms with van der Waals surface area (Å²) >= 11 is 0. The summed E-state index contributed by atoms with van der Waals surface area (Å²) in [5, 5.41) is 14.4. The summed E-state index contributed by atoms with van der Waals surface area (Å²) in [5.41, 5.74) is -1.08. The first-order chi connectivity index (χ1) is 15.2. The Morgan fingerprint density at radius 1 is 1.09 bits per heavy atom. The molecule has 2 amide bonds. The second-order valence-electron chi connectivity index (χ2n) is 10.5. The number of rotatable bonds is 6. The van der Waals surface area contributed by atoms with E-state index in [9.17, 15) is 19.2 Å². The summed E-state index contributed by atoms with van der Waals surface area (Å²) in [6.45, 7) is 10.9. The molecular formula is C24H40N2O7. The van der Waals surface area contributed by atoms with Crippen molar-refractivity contribution in [1.82, 2.24) is 10.6 Å². The standard InChI is InChI=1S/C24H40N2O7/c1-23(2,3)18-15-32-22(31)17(14-20(29)33-24(4,5)6)10-8-7-9-16(21(30)26-18)13-19(28)25-11-12-27/h7-8,16-18,27H,9-15H2,1-6H3,(H,25,28)(H,26,30). The van der Waals surface area contributed by atoms with E-state index in [0.717, 1.165) is 0 Å². The van der Waals surface area contributed by atoms with Crippen molar-refractivity contribution < 1.29 is 33.8 Å². The highest BCUT2D eigenvalue weighted by Crippen LogP contribution is 2.24. The average Bonchev–Trinajstić information content (AvgIpc) is 2.67. The van der Waals surface area contributed by atoms with Crippen LogP contribution in [-0.4, -0.2) is 60.3 Å². The fourth-order valence-corrected chi connectivity index (χ4v) is 3.22. The summed E-state index contributed by atoms with van der Waals surface area (Å²) in [6.07, 6.45) is 3.87. The first-order valence-electron chi connectivity index (χ1n) is 11.4. The Hall–Kier alpha value is -2.42. The summed E-state index contributed by atoms with van der Waals surface area (Å²) in [6, 6.07) is -0.484. The van der Waals surface area contributed by atoms with Crippen molar-refractivity contribution in [2.75, 3.05) is 19.8 Å². The van der Waals surface area contributed by atoms with E-state index in [1.54, 1.807) is 32.9 Å². The lowest BCUT2D eigenvalue weighted by Gasteiger charge is -2.33. The smallest absolute Gasteiger partial charge is 0.309 e. The number of carbonyl (C=O) groups is 4. The molecule has 0 fully saturated rings. The molecule has 0 bridgehead atoms.